The SMILES string of the molecule is COc1ccc(OC)c(/C=C2\N=C(C3CCCCC3)NC2=O)c1. The zero-order valence-electron chi connectivity index (χ0n) is 13.6. The van der Waals surface area contributed by atoms with Crippen molar-refractivity contribution in [2.24, 2.45) is 10.9 Å². The number of benzene rings is 1. The van der Waals surface area contributed by atoms with Crippen molar-refractivity contribution in [1.82, 2.24) is 5.32 Å². The molecule has 1 fully saturated rings. The molecule has 1 heterocycles. The van der Waals surface area contributed by atoms with Gasteiger partial charge in [-0.15, -0.1) is 0 Å². The normalized spacial score (nSPS) is 20.3. The molecule has 1 saturated carbocycles. The number of ether oxygens (including phenoxy) is 2. The topological polar surface area (TPSA) is 59.9 Å². The Morgan fingerprint density at radius 3 is 2.65 bits per heavy atom. The van der Waals surface area contributed by atoms with Crippen molar-refractivity contribution in [1.29, 1.82) is 0 Å². The molecule has 5 heteroatoms. The van der Waals surface area contributed by atoms with E-state index < -0.39 is 0 Å². The van der Waals surface area contributed by atoms with Gasteiger partial charge in [-0.3, -0.25) is 4.79 Å². The second-order valence-electron chi connectivity index (χ2n) is 5.92. The molecular formula is C18H22N2O3. The van der Waals surface area contributed by atoms with Crippen molar-refractivity contribution < 1.29 is 14.3 Å². The zero-order chi connectivity index (χ0) is 16.2. The highest BCUT2D eigenvalue weighted by Crippen LogP contribution is 2.29. The number of amides is 1. The first-order valence-corrected chi connectivity index (χ1v) is 8.05. The fourth-order valence-electron chi connectivity index (χ4n) is 3.16. The van der Waals surface area contributed by atoms with Crippen LogP contribution in [0, 0.1) is 5.92 Å². The predicted octanol–water partition coefficient (Wildman–Crippen LogP) is 3.15. The van der Waals surface area contributed by atoms with Gasteiger partial charge in [0.05, 0.1) is 14.2 Å². The van der Waals surface area contributed by atoms with Gasteiger partial charge in [-0.25, -0.2) is 4.99 Å². The quantitative estimate of drug-likeness (QED) is 0.869. The van der Waals surface area contributed by atoms with Gasteiger partial charge in [0.15, 0.2) is 0 Å². The largest absolute Gasteiger partial charge is 0.497 e. The minimum Gasteiger partial charge on any atom is -0.497 e. The number of rotatable bonds is 4. The first kappa shape index (κ1) is 15.6. The Labute approximate surface area is 136 Å². The molecule has 1 aromatic rings. The minimum atomic E-state index is -0.143. The molecule has 5 nitrogen and oxygen atoms in total. The van der Waals surface area contributed by atoms with Crippen LogP contribution in [0.1, 0.15) is 37.7 Å². The molecule has 122 valence electrons. The van der Waals surface area contributed by atoms with Crippen molar-refractivity contribution in [3.05, 3.63) is 29.5 Å². The average Bonchev–Trinajstić information content (AvgIpc) is 2.96. The maximum absolute atomic E-state index is 12.2. The van der Waals surface area contributed by atoms with E-state index in [-0.39, 0.29) is 5.91 Å². The molecule has 0 unspecified atom stereocenters. The number of carbonyl (C=O) groups excluding carboxylic acids is 1. The average molecular weight is 314 g/mol. The Morgan fingerprint density at radius 1 is 1.17 bits per heavy atom. The van der Waals surface area contributed by atoms with Crippen LogP contribution in [0.15, 0.2) is 28.9 Å². The maximum atomic E-state index is 12.2. The van der Waals surface area contributed by atoms with Gasteiger partial charge < -0.3 is 14.8 Å². The number of amidine groups is 1. The van der Waals surface area contributed by atoms with Crippen LogP contribution in [0.5, 0.6) is 11.5 Å². The summed E-state index contributed by atoms with van der Waals surface area (Å²) in [5, 5.41) is 2.93. The molecule has 0 saturated heterocycles. The molecule has 0 bridgehead atoms. The first-order chi connectivity index (χ1) is 11.2. The lowest BCUT2D eigenvalue weighted by Crippen LogP contribution is -2.31. The van der Waals surface area contributed by atoms with Crippen molar-refractivity contribution >= 4 is 17.8 Å². The van der Waals surface area contributed by atoms with Gasteiger partial charge in [0.2, 0.25) is 0 Å². The van der Waals surface area contributed by atoms with E-state index >= 15 is 0 Å². The molecule has 1 aliphatic heterocycles. The lowest BCUT2D eigenvalue weighted by Gasteiger charge is -2.20. The summed E-state index contributed by atoms with van der Waals surface area (Å²) >= 11 is 0. The second kappa shape index (κ2) is 6.86. The molecular weight excluding hydrogens is 292 g/mol. The third kappa shape index (κ3) is 3.38. The van der Waals surface area contributed by atoms with Crippen LogP contribution in [-0.2, 0) is 4.79 Å². The summed E-state index contributed by atoms with van der Waals surface area (Å²) < 4.78 is 10.6. The van der Waals surface area contributed by atoms with Crippen molar-refractivity contribution in [2.45, 2.75) is 32.1 Å². The number of methoxy groups -OCH3 is 2. The molecule has 2 aliphatic rings. The number of aliphatic imine (C=N–C) groups is 1. The Bertz CT molecular complexity index is 658. The highest BCUT2D eigenvalue weighted by Gasteiger charge is 2.27. The molecule has 1 aromatic carbocycles. The summed E-state index contributed by atoms with van der Waals surface area (Å²) in [4.78, 5) is 16.8. The van der Waals surface area contributed by atoms with E-state index in [0.717, 1.165) is 24.2 Å². The molecule has 0 aromatic heterocycles. The van der Waals surface area contributed by atoms with E-state index in [1.165, 1.54) is 19.3 Å². The third-order valence-corrected chi connectivity index (χ3v) is 4.44. The molecule has 1 amide bonds. The van der Waals surface area contributed by atoms with E-state index in [1.807, 2.05) is 18.2 Å². The van der Waals surface area contributed by atoms with Crippen LogP contribution in [-0.4, -0.2) is 26.0 Å². The standard InChI is InChI=1S/C18H22N2O3/c1-22-14-8-9-16(23-2)13(10-14)11-15-18(21)20-17(19-15)12-6-4-3-5-7-12/h8-12H,3-7H2,1-2H3,(H,19,20,21)/b15-11-. The Morgan fingerprint density at radius 2 is 1.96 bits per heavy atom. The smallest absolute Gasteiger partial charge is 0.275 e. The second-order valence-corrected chi connectivity index (χ2v) is 5.92. The van der Waals surface area contributed by atoms with Crippen LogP contribution in [0.2, 0.25) is 0 Å². The van der Waals surface area contributed by atoms with E-state index in [2.05, 4.69) is 10.3 Å². The van der Waals surface area contributed by atoms with Crippen LogP contribution in [0.4, 0.5) is 0 Å². The monoisotopic (exact) mass is 314 g/mol. The molecule has 1 aliphatic carbocycles. The van der Waals surface area contributed by atoms with Crippen molar-refractivity contribution in [2.75, 3.05) is 14.2 Å². The van der Waals surface area contributed by atoms with Crippen LogP contribution >= 0.6 is 0 Å². The number of nitrogens with one attached hydrogen (secondary N) is 1. The van der Waals surface area contributed by atoms with E-state index in [4.69, 9.17) is 9.47 Å². The number of hydrogen-bond acceptors (Lipinski definition) is 4. The zero-order valence-corrected chi connectivity index (χ0v) is 13.6. The Kier molecular flexibility index (Phi) is 4.65. The van der Waals surface area contributed by atoms with Crippen LogP contribution < -0.4 is 14.8 Å². The van der Waals surface area contributed by atoms with Gasteiger partial charge in [0.1, 0.15) is 23.0 Å². The third-order valence-electron chi connectivity index (χ3n) is 4.44. The lowest BCUT2D eigenvalue weighted by molar-refractivity contribution is -0.115. The van der Waals surface area contributed by atoms with Crippen molar-refractivity contribution in [3.8, 4) is 11.5 Å². The minimum absolute atomic E-state index is 0.143. The van der Waals surface area contributed by atoms with Gasteiger partial charge in [0.25, 0.3) is 5.91 Å². The molecule has 23 heavy (non-hydrogen) atoms. The van der Waals surface area contributed by atoms with Gasteiger partial charge >= 0.3 is 0 Å². The lowest BCUT2D eigenvalue weighted by atomic mass is 9.88. The summed E-state index contributed by atoms with van der Waals surface area (Å²) in [6.07, 6.45) is 7.67. The summed E-state index contributed by atoms with van der Waals surface area (Å²) in [5.74, 6) is 2.46. The summed E-state index contributed by atoms with van der Waals surface area (Å²) in [7, 11) is 3.22. The highest BCUT2D eigenvalue weighted by atomic mass is 16.5. The fraction of sp³-hybridized carbons (Fsp3) is 0.444. The molecule has 3 rings (SSSR count). The summed E-state index contributed by atoms with van der Waals surface area (Å²) in [6, 6.07) is 5.49. The Hall–Kier alpha value is -2.30. The van der Waals surface area contributed by atoms with E-state index in [9.17, 15) is 4.79 Å². The van der Waals surface area contributed by atoms with Crippen LogP contribution in [0.3, 0.4) is 0 Å². The molecule has 0 atom stereocenters. The number of nitrogens with zero attached hydrogens (tertiary/aromatic N) is 1. The molecule has 0 spiro atoms. The highest BCUT2D eigenvalue weighted by molar-refractivity contribution is 6.15. The van der Waals surface area contributed by atoms with E-state index in [1.54, 1.807) is 20.3 Å². The van der Waals surface area contributed by atoms with E-state index in [0.29, 0.717) is 23.1 Å². The van der Waals surface area contributed by atoms with Gasteiger partial charge in [-0.2, -0.15) is 0 Å². The maximum Gasteiger partial charge on any atom is 0.275 e. The predicted molar refractivity (Wildman–Crippen MR) is 89.7 cm³/mol. The summed E-state index contributed by atoms with van der Waals surface area (Å²) in [6.45, 7) is 0. The summed E-state index contributed by atoms with van der Waals surface area (Å²) in [5.41, 5.74) is 1.21. The first-order valence-electron chi connectivity index (χ1n) is 8.05. The molecule has 1 N–H and O–H groups in total. The van der Waals surface area contributed by atoms with Crippen LogP contribution in [0.25, 0.3) is 6.08 Å². The molecule has 0 radical (unpaired) electrons. The number of carbonyl (C=O) groups is 1. The van der Waals surface area contributed by atoms with Gasteiger partial charge in [0, 0.05) is 11.5 Å². The Balaban J connectivity index is 1.89. The van der Waals surface area contributed by atoms with Gasteiger partial charge in [-0.1, -0.05) is 19.3 Å². The van der Waals surface area contributed by atoms with Gasteiger partial charge in [-0.05, 0) is 37.1 Å². The number of hydrogen-bond donors (Lipinski definition) is 1. The van der Waals surface area contributed by atoms with Crippen molar-refractivity contribution in [3.63, 3.8) is 0 Å². The fourth-order valence-corrected chi connectivity index (χ4v) is 3.16.